The monoisotopic (exact) mass is 2120 g/mol. The summed E-state index contributed by atoms with van der Waals surface area (Å²) in [6, 6.07) is -2.56. The summed E-state index contributed by atoms with van der Waals surface area (Å²) in [7, 11) is 0. The highest BCUT2D eigenvalue weighted by molar-refractivity contribution is 5.86. The van der Waals surface area contributed by atoms with Crippen molar-refractivity contribution in [2.75, 3.05) is 0 Å². The minimum Gasteiger partial charge on any atom is -0.336 e. The molecule has 0 heterocycles. The highest BCUT2D eigenvalue weighted by Crippen LogP contribution is 2.47. The molecule has 0 aromatic heterocycles. The summed E-state index contributed by atoms with van der Waals surface area (Å²) in [5, 5.41) is 30.6. The van der Waals surface area contributed by atoms with Gasteiger partial charge in [-0.05, 0) is 120 Å². The van der Waals surface area contributed by atoms with Gasteiger partial charge in [-0.3, -0.25) is 91.2 Å². The fourth-order valence-electron chi connectivity index (χ4n) is 14.4. The smallest absolute Gasteiger partial charge is 0.336 e. The van der Waals surface area contributed by atoms with Crippen molar-refractivity contribution < 1.29 is 156 Å². The Balaban J connectivity index is 0.000000279. The van der Waals surface area contributed by atoms with E-state index in [1.54, 1.807) is 6.92 Å². The number of carbonyl (C=O) groups is 5. The number of carbonyl (C=O) groups excluding carboxylic acids is 5. The van der Waals surface area contributed by atoms with E-state index in [1.807, 2.05) is 27.3 Å². The van der Waals surface area contributed by atoms with Crippen molar-refractivity contribution in [3.63, 3.8) is 0 Å². The number of nitrogens with one attached hydrogen (secondary N) is 10. The largest absolute Gasteiger partial charge is 0.407 e. The molecular formula is C96H107F30N15O5. The van der Waals surface area contributed by atoms with Gasteiger partial charge in [0.15, 0.2) is 0 Å². The average Bonchev–Trinajstić information content (AvgIpc) is 1.69. The number of rotatable bonds is 45. The van der Waals surface area contributed by atoms with Gasteiger partial charge in [0.2, 0.25) is 59.1 Å². The van der Waals surface area contributed by atoms with Gasteiger partial charge in [-0.1, -0.05) is 115 Å². The van der Waals surface area contributed by atoms with Gasteiger partial charge in [-0.25, -0.2) is 92.1 Å². The standard InChI is InChI=1S/2C20H23F6N3O.2C19H21F6N3O.C18H19F6N3O/c1-12(2)9-19(22,23)10-15(17(30)29-18(11-27)7-8-18)28-16(20(24,25)26)13-3-5-14(21)6-4-13;1-3-4-9-18(22,23)12-15(17(30)29-19(27-2)10-11-19)28-16(20(24,25)26)13-5-7-14(21)8-6-13;1-3-17(21,22)9-8-14(16(29)28-18(26-2)10-11-18)27-15(19(23,24)25)12-4-6-13(20)7-5-12;1-3-8-17(21,22)11-14(16(29)28-18(26-2)9-10-18)27-15(19(23,24)25)12-4-6-13(20)7-5-12;1-3-16(20,21)10-13(15(28)27-17(25-2)8-9-17)26-14(18(22,23)24)11-4-6-12(19)7-5-11/h3-6,12,15-16,28H,7-10H2,1-2H3,(H,29,30);5-8,15-16,28H,3-4,9-12H2,1H3,(H,29,30);2*4-7,14-15,27H,3,8-11H2,1H3,(H,28,29);4-7,13-14,26H,3,8-10H2,1H3,(H,27,28)/t2*15-,16-;2*14-,15-;13-,14-/m00000/s1. The molecule has 20 nitrogen and oxygen atoms in total. The van der Waals surface area contributed by atoms with E-state index in [0.717, 1.165) is 128 Å². The van der Waals surface area contributed by atoms with Gasteiger partial charge in [0.1, 0.15) is 64.8 Å². The summed E-state index contributed by atoms with van der Waals surface area (Å²) >= 11 is 0. The molecule has 5 aliphatic carbocycles. The van der Waals surface area contributed by atoms with Crippen LogP contribution in [0.5, 0.6) is 0 Å². The molecule has 0 radical (unpaired) electrons. The zero-order valence-corrected chi connectivity index (χ0v) is 79.0. The molecule has 10 atom stereocenters. The molecule has 5 saturated carbocycles. The Hall–Kier alpha value is -11.4. The van der Waals surface area contributed by atoms with E-state index in [1.165, 1.54) is 27.7 Å². The van der Waals surface area contributed by atoms with Gasteiger partial charge in [0.05, 0.1) is 87.6 Å². The number of halogens is 30. The number of benzene rings is 5. The van der Waals surface area contributed by atoms with Crippen LogP contribution in [0, 0.1) is 72.6 Å². The molecule has 5 amide bonds. The Kier molecular flexibility index (Phi) is 42.7. The van der Waals surface area contributed by atoms with E-state index in [-0.39, 0.29) is 18.4 Å². The lowest BCUT2D eigenvalue weighted by Crippen LogP contribution is -2.53. The summed E-state index contributed by atoms with van der Waals surface area (Å²) in [6.45, 7) is 36.9. The van der Waals surface area contributed by atoms with E-state index in [9.17, 15) is 156 Å². The Labute approximate surface area is 821 Å². The molecule has 5 fully saturated rings. The maximum Gasteiger partial charge on any atom is 0.407 e. The normalized spacial score (nSPS) is 17.9. The second-order valence-electron chi connectivity index (χ2n) is 36.7. The first-order valence-electron chi connectivity index (χ1n) is 45.8. The topological polar surface area (TPSA) is 247 Å². The number of nitriles is 1. The predicted molar refractivity (Wildman–Crippen MR) is 470 cm³/mol. The van der Waals surface area contributed by atoms with Gasteiger partial charge in [0.25, 0.3) is 0 Å². The van der Waals surface area contributed by atoms with Crippen LogP contribution in [0.1, 0.15) is 254 Å². The van der Waals surface area contributed by atoms with Crippen molar-refractivity contribution in [1.29, 1.82) is 5.26 Å². The fraction of sp³-hybridized carbons (Fsp3) is 0.583. The van der Waals surface area contributed by atoms with Crippen molar-refractivity contribution in [1.82, 2.24) is 53.2 Å². The SMILES string of the molecule is CC(C)CC(F)(F)C[C@H](N[C@@H](c1ccc(F)cc1)C(F)(F)F)C(=O)NC1(C#N)CC1.[C-]#[N+]C1(NC(=O)[C@H](CC(F)(F)CC)N[C@@H](c2ccc(F)cc2)C(F)(F)F)CC1.[C-]#[N+]C1(NC(=O)[C@H](CC(F)(F)CCC)N[C@@H](c2ccc(F)cc2)C(F)(F)F)CC1.[C-]#[N+]C1(NC(=O)[C@H](CC(F)(F)CCCC)N[C@@H](c2ccc(F)cc2)C(F)(F)F)CC1.[C-]#[N+]C1(NC(=O)[C@H](CCC(F)(F)CC)N[C@@H](c2ccc(F)cc2)C(F)(F)F)CC1. The van der Waals surface area contributed by atoms with Crippen LogP contribution in [0.3, 0.4) is 0 Å². The minimum absolute atomic E-state index is 0.0774. The van der Waals surface area contributed by atoms with Gasteiger partial charge in [0, 0.05) is 64.2 Å². The molecule has 50 heteroatoms. The van der Waals surface area contributed by atoms with E-state index in [0.29, 0.717) is 70.6 Å². The van der Waals surface area contributed by atoms with Crippen LogP contribution in [-0.4, -0.2) is 148 Å². The molecule has 10 N–H and O–H groups in total. The summed E-state index contributed by atoms with van der Waals surface area (Å²) in [5.41, 5.74) is -8.13. The maximum absolute atomic E-state index is 14.4. The van der Waals surface area contributed by atoms with Crippen molar-refractivity contribution >= 4 is 29.5 Å². The Morgan fingerprint density at radius 2 is 0.534 bits per heavy atom. The number of unbranched alkanes of at least 4 members (excludes halogenated alkanes) is 1. The highest BCUT2D eigenvalue weighted by Gasteiger charge is 2.60. The molecule has 5 aromatic rings. The molecule has 0 aliphatic heterocycles. The first kappa shape index (κ1) is 123. The van der Waals surface area contributed by atoms with Crippen molar-refractivity contribution in [3.05, 3.63) is 224 Å². The third-order valence-corrected chi connectivity index (χ3v) is 23.6. The Bertz CT molecular complexity index is 5300. The summed E-state index contributed by atoms with van der Waals surface area (Å²) < 4.78 is 411. The number of hydrogen-bond acceptors (Lipinski definition) is 11. The molecule has 806 valence electrons. The lowest BCUT2D eigenvalue weighted by molar-refractivity contribution is -0.164. The molecule has 146 heavy (non-hydrogen) atoms. The molecule has 0 spiro atoms. The van der Waals surface area contributed by atoms with Crippen LogP contribution in [0.25, 0.3) is 19.4 Å². The predicted octanol–water partition coefficient (Wildman–Crippen LogP) is 23.6. The third-order valence-electron chi connectivity index (χ3n) is 23.6. The molecule has 0 unspecified atom stereocenters. The molecule has 0 saturated heterocycles. The lowest BCUT2D eigenvalue weighted by atomic mass is 9.96. The quantitative estimate of drug-likeness (QED) is 0.0130. The second kappa shape index (κ2) is 50.5. The first-order valence-corrected chi connectivity index (χ1v) is 45.8. The Morgan fingerprint density at radius 3 is 0.740 bits per heavy atom. The summed E-state index contributed by atoms with van der Waals surface area (Å²) in [4.78, 5) is 75.5. The third kappa shape index (κ3) is 40.0. The van der Waals surface area contributed by atoms with Gasteiger partial charge in [-0.15, -0.1) is 0 Å². The van der Waals surface area contributed by atoms with Crippen LogP contribution >= 0.6 is 0 Å². The number of amides is 5. The van der Waals surface area contributed by atoms with E-state index in [2.05, 4.69) is 51.3 Å². The molecule has 5 aliphatic rings. The Morgan fingerprint density at radius 1 is 0.308 bits per heavy atom. The van der Waals surface area contributed by atoms with Crippen LogP contribution < -0.4 is 53.2 Å². The fourth-order valence-corrected chi connectivity index (χ4v) is 14.4. The maximum atomic E-state index is 14.4. The number of alkyl halides is 25. The molecule has 10 rings (SSSR count). The number of hydrogen-bond donors (Lipinski definition) is 10. The van der Waals surface area contributed by atoms with Crippen molar-refractivity contribution in [2.24, 2.45) is 5.92 Å². The van der Waals surface area contributed by atoms with Crippen LogP contribution in [0.2, 0.25) is 0 Å². The zero-order chi connectivity index (χ0) is 110. The lowest BCUT2D eigenvalue weighted by Gasteiger charge is -2.30. The van der Waals surface area contributed by atoms with Gasteiger partial charge in [-0.2, -0.15) is 71.1 Å². The summed E-state index contributed by atoms with van der Waals surface area (Å²) in [5.74, 6) is -26.2. The molecule has 0 bridgehead atoms. The summed E-state index contributed by atoms with van der Waals surface area (Å²) in [6.07, 6.45) is -29.7. The zero-order valence-electron chi connectivity index (χ0n) is 79.0. The van der Waals surface area contributed by atoms with E-state index >= 15 is 0 Å². The van der Waals surface area contributed by atoms with Crippen LogP contribution in [-0.2, 0) is 24.0 Å². The van der Waals surface area contributed by atoms with Gasteiger partial charge >= 0.3 is 53.5 Å². The highest BCUT2D eigenvalue weighted by atomic mass is 19.4. The number of nitrogens with zero attached hydrogens (tertiary/aromatic N) is 5. The van der Waals surface area contributed by atoms with Crippen LogP contribution in [0.15, 0.2) is 121 Å². The molecular weight excluding hydrogens is 2010 g/mol. The van der Waals surface area contributed by atoms with Crippen LogP contribution in [0.4, 0.5) is 132 Å². The average molecular weight is 2120 g/mol. The minimum atomic E-state index is -4.93. The van der Waals surface area contributed by atoms with Crippen molar-refractivity contribution in [3.8, 4) is 6.07 Å². The van der Waals surface area contributed by atoms with E-state index in [4.69, 9.17) is 31.6 Å². The molecule has 5 aromatic carbocycles. The van der Waals surface area contributed by atoms with Crippen molar-refractivity contribution in [2.45, 2.75) is 345 Å². The van der Waals surface area contributed by atoms with E-state index < -0.39 is 307 Å². The first-order chi connectivity index (χ1) is 67.4. The second-order valence-corrected chi connectivity index (χ2v) is 36.7. The van der Waals surface area contributed by atoms with Gasteiger partial charge < -0.3 is 5.32 Å².